The standard InChI is InChI=1S/C15H15Cl2N3O2/c16-5-7-22-15(21)20-6-4-13-12(9-20)14(19-18-13)10-2-1-3-11(17)8-10/h1-3,8H,4-7,9H2,(H,18,19). The molecule has 0 radical (unpaired) electrons. The summed E-state index contributed by atoms with van der Waals surface area (Å²) in [7, 11) is 0. The minimum atomic E-state index is -0.343. The number of hydrogen-bond donors (Lipinski definition) is 1. The maximum Gasteiger partial charge on any atom is 0.410 e. The van der Waals surface area contributed by atoms with Gasteiger partial charge in [-0.25, -0.2) is 4.79 Å². The Labute approximate surface area is 138 Å². The van der Waals surface area contributed by atoms with E-state index in [1.54, 1.807) is 4.90 Å². The highest BCUT2D eigenvalue weighted by atomic mass is 35.5. The van der Waals surface area contributed by atoms with E-state index in [-0.39, 0.29) is 12.7 Å². The first kappa shape index (κ1) is 15.2. The maximum atomic E-state index is 12.0. The van der Waals surface area contributed by atoms with Gasteiger partial charge in [-0.3, -0.25) is 5.10 Å². The third-order valence-corrected chi connectivity index (χ3v) is 3.98. The van der Waals surface area contributed by atoms with Crippen LogP contribution in [0.2, 0.25) is 5.02 Å². The molecule has 1 N–H and O–H groups in total. The van der Waals surface area contributed by atoms with E-state index in [0.29, 0.717) is 24.0 Å². The van der Waals surface area contributed by atoms with Crippen LogP contribution in [-0.4, -0.2) is 40.2 Å². The monoisotopic (exact) mass is 339 g/mol. The van der Waals surface area contributed by atoms with E-state index in [1.165, 1.54) is 0 Å². The second kappa shape index (κ2) is 6.58. The van der Waals surface area contributed by atoms with Crippen LogP contribution in [0.4, 0.5) is 4.79 Å². The van der Waals surface area contributed by atoms with Gasteiger partial charge in [0.1, 0.15) is 6.61 Å². The largest absolute Gasteiger partial charge is 0.448 e. The van der Waals surface area contributed by atoms with Gasteiger partial charge in [-0.2, -0.15) is 5.10 Å². The summed E-state index contributed by atoms with van der Waals surface area (Å²) in [6.07, 6.45) is 0.378. The average Bonchev–Trinajstić information content (AvgIpc) is 2.95. The second-order valence-electron chi connectivity index (χ2n) is 5.01. The summed E-state index contributed by atoms with van der Waals surface area (Å²) in [5.41, 5.74) is 3.82. The van der Waals surface area contributed by atoms with Crippen molar-refractivity contribution in [3.05, 3.63) is 40.5 Å². The van der Waals surface area contributed by atoms with Gasteiger partial charge in [0, 0.05) is 34.8 Å². The van der Waals surface area contributed by atoms with E-state index in [9.17, 15) is 4.79 Å². The van der Waals surface area contributed by atoms with Crippen LogP contribution in [0.1, 0.15) is 11.3 Å². The Hall–Kier alpha value is -1.72. The molecule has 5 nitrogen and oxygen atoms in total. The molecule has 2 heterocycles. The summed E-state index contributed by atoms with van der Waals surface area (Å²) < 4.78 is 5.09. The molecule has 0 bridgehead atoms. The van der Waals surface area contributed by atoms with Crippen molar-refractivity contribution in [2.45, 2.75) is 13.0 Å². The molecule has 3 rings (SSSR count). The summed E-state index contributed by atoms with van der Waals surface area (Å²) in [6, 6.07) is 7.52. The van der Waals surface area contributed by atoms with Crippen molar-refractivity contribution in [2.75, 3.05) is 19.0 Å². The molecule has 116 valence electrons. The van der Waals surface area contributed by atoms with Crippen molar-refractivity contribution in [1.82, 2.24) is 15.1 Å². The first-order valence-corrected chi connectivity index (χ1v) is 7.90. The molecule has 1 aromatic carbocycles. The Morgan fingerprint density at radius 2 is 2.32 bits per heavy atom. The predicted octanol–water partition coefficient (Wildman–Crippen LogP) is 3.46. The molecule has 0 unspecified atom stereocenters. The Morgan fingerprint density at radius 1 is 1.45 bits per heavy atom. The van der Waals surface area contributed by atoms with Gasteiger partial charge < -0.3 is 9.64 Å². The Bertz CT molecular complexity index is 687. The fraction of sp³-hybridized carbons (Fsp3) is 0.333. The van der Waals surface area contributed by atoms with Gasteiger partial charge in [0.2, 0.25) is 0 Å². The number of H-pyrrole nitrogens is 1. The minimum Gasteiger partial charge on any atom is -0.448 e. The molecule has 1 aromatic heterocycles. The number of hydrogen-bond acceptors (Lipinski definition) is 3. The highest BCUT2D eigenvalue weighted by Crippen LogP contribution is 2.29. The summed E-state index contributed by atoms with van der Waals surface area (Å²) in [6.45, 7) is 1.29. The zero-order valence-electron chi connectivity index (χ0n) is 11.8. The topological polar surface area (TPSA) is 58.2 Å². The highest BCUT2D eigenvalue weighted by Gasteiger charge is 2.26. The number of fused-ring (bicyclic) bond motifs is 1. The number of alkyl halides is 1. The molecule has 0 fully saturated rings. The van der Waals surface area contributed by atoms with E-state index >= 15 is 0 Å². The Morgan fingerprint density at radius 3 is 3.09 bits per heavy atom. The van der Waals surface area contributed by atoms with Crippen LogP contribution >= 0.6 is 23.2 Å². The van der Waals surface area contributed by atoms with Gasteiger partial charge in [0.15, 0.2) is 0 Å². The third-order valence-electron chi connectivity index (χ3n) is 3.59. The molecule has 1 aliphatic heterocycles. The number of amides is 1. The number of carbonyl (C=O) groups is 1. The van der Waals surface area contributed by atoms with Crippen molar-refractivity contribution in [3.8, 4) is 11.3 Å². The van der Waals surface area contributed by atoms with Crippen molar-refractivity contribution in [2.24, 2.45) is 0 Å². The number of halogens is 2. The molecule has 1 amide bonds. The quantitative estimate of drug-likeness (QED) is 0.871. The number of nitrogens with one attached hydrogen (secondary N) is 1. The van der Waals surface area contributed by atoms with Gasteiger partial charge in [0.25, 0.3) is 0 Å². The van der Waals surface area contributed by atoms with Crippen molar-refractivity contribution < 1.29 is 9.53 Å². The van der Waals surface area contributed by atoms with Crippen LogP contribution in [0.3, 0.4) is 0 Å². The predicted molar refractivity (Wildman–Crippen MR) is 85.2 cm³/mol. The summed E-state index contributed by atoms with van der Waals surface area (Å²) in [4.78, 5) is 13.6. The van der Waals surface area contributed by atoms with E-state index in [1.807, 2.05) is 24.3 Å². The van der Waals surface area contributed by atoms with Crippen molar-refractivity contribution in [1.29, 1.82) is 0 Å². The molecule has 2 aromatic rings. The molecule has 0 atom stereocenters. The van der Waals surface area contributed by atoms with Crippen LogP contribution < -0.4 is 0 Å². The van der Waals surface area contributed by atoms with E-state index in [0.717, 1.165) is 28.9 Å². The molecule has 0 aliphatic carbocycles. The lowest BCUT2D eigenvalue weighted by Crippen LogP contribution is -2.36. The fourth-order valence-corrected chi connectivity index (χ4v) is 2.81. The third kappa shape index (κ3) is 3.05. The smallest absolute Gasteiger partial charge is 0.410 e. The summed E-state index contributed by atoms with van der Waals surface area (Å²) in [5.74, 6) is 0.296. The van der Waals surface area contributed by atoms with Crippen LogP contribution in [-0.2, 0) is 17.7 Å². The number of benzene rings is 1. The molecule has 22 heavy (non-hydrogen) atoms. The zero-order chi connectivity index (χ0) is 15.5. The molecule has 1 aliphatic rings. The van der Waals surface area contributed by atoms with Gasteiger partial charge in [0.05, 0.1) is 18.1 Å². The molecule has 0 saturated heterocycles. The first-order valence-electron chi connectivity index (χ1n) is 6.98. The number of nitrogens with zero attached hydrogens (tertiary/aromatic N) is 2. The molecular weight excluding hydrogens is 325 g/mol. The van der Waals surface area contributed by atoms with E-state index in [4.69, 9.17) is 27.9 Å². The second-order valence-corrected chi connectivity index (χ2v) is 5.83. The Kier molecular flexibility index (Phi) is 4.55. The SMILES string of the molecule is O=C(OCCCl)N1CCc2[nH]nc(-c3cccc(Cl)c3)c2C1. The summed E-state index contributed by atoms with van der Waals surface area (Å²) in [5, 5.41) is 8.09. The van der Waals surface area contributed by atoms with Crippen molar-refractivity contribution in [3.63, 3.8) is 0 Å². The molecular formula is C15H15Cl2N3O2. The molecule has 0 saturated carbocycles. The lowest BCUT2D eigenvalue weighted by Gasteiger charge is -2.26. The first-order chi connectivity index (χ1) is 10.7. The number of aromatic amines is 1. The number of carbonyl (C=O) groups excluding carboxylic acids is 1. The molecule has 7 heteroatoms. The minimum absolute atomic E-state index is 0.219. The van der Waals surface area contributed by atoms with Gasteiger partial charge in [-0.15, -0.1) is 11.6 Å². The zero-order valence-corrected chi connectivity index (χ0v) is 13.3. The fourth-order valence-electron chi connectivity index (χ4n) is 2.54. The van der Waals surface area contributed by atoms with Crippen LogP contribution in [0.25, 0.3) is 11.3 Å². The Balaban J connectivity index is 1.84. The normalized spacial score (nSPS) is 13.8. The van der Waals surface area contributed by atoms with E-state index < -0.39 is 0 Å². The lowest BCUT2D eigenvalue weighted by atomic mass is 10.0. The van der Waals surface area contributed by atoms with Crippen LogP contribution in [0, 0.1) is 0 Å². The number of rotatable bonds is 3. The van der Waals surface area contributed by atoms with Crippen LogP contribution in [0.5, 0.6) is 0 Å². The van der Waals surface area contributed by atoms with Gasteiger partial charge in [-0.05, 0) is 12.1 Å². The molecule has 0 spiro atoms. The van der Waals surface area contributed by atoms with E-state index in [2.05, 4.69) is 10.2 Å². The number of aromatic nitrogens is 2. The number of ether oxygens (including phenoxy) is 1. The highest BCUT2D eigenvalue weighted by molar-refractivity contribution is 6.30. The van der Waals surface area contributed by atoms with Crippen LogP contribution in [0.15, 0.2) is 24.3 Å². The van der Waals surface area contributed by atoms with Gasteiger partial charge >= 0.3 is 6.09 Å². The maximum absolute atomic E-state index is 12.0. The van der Waals surface area contributed by atoms with Gasteiger partial charge in [-0.1, -0.05) is 23.7 Å². The summed E-state index contributed by atoms with van der Waals surface area (Å²) >= 11 is 11.6. The van der Waals surface area contributed by atoms with Crippen molar-refractivity contribution >= 4 is 29.3 Å². The lowest BCUT2D eigenvalue weighted by molar-refractivity contribution is 0.103. The average molecular weight is 340 g/mol.